The van der Waals surface area contributed by atoms with E-state index < -0.39 is 5.97 Å². The van der Waals surface area contributed by atoms with E-state index in [0.29, 0.717) is 11.1 Å². The lowest BCUT2D eigenvalue weighted by Gasteiger charge is -2.14. The number of nitrogens with zero attached hydrogens (tertiary/aromatic N) is 1. The first-order chi connectivity index (χ1) is 8.88. The molecule has 100 valence electrons. The Morgan fingerprint density at radius 2 is 1.95 bits per heavy atom. The number of aromatic nitrogens is 1. The minimum atomic E-state index is -0.967. The third-order valence-electron chi connectivity index (χ3n) is 3.40. The molecule has 0 aliphatic carbocycles. The van der Waals surface area contributed by atoms with Crippen molar-refractivity contribution in [2.75, 3.05) is 0 Å². The fourth-order valence-electron chi connectivity index (χ4n) is 2.69. The second-order valence-corrected chi connectivity index (χ2v) is 5.09. The van der Waals surface area contributed by atoms with Crippen LogP contribution in [0.2, 0.25) is 0 Å². The van der Waals surface area contributed by atoms with Crippen LogP contribution >= 0.6 is 0 Å². The summed E-state index contributed by atoms with van der Waals surface area (Å²) in [7, 11) is 0. The van der Waals surface area contributed by atoms with Crippen LogP contribution in [0.5, 0.6) is 0 Å². The summed E-state index contributed by atoms with van der Waals surface area (Å²) in [5, 5.41) is 10.1. The van der Waals surface area contributed by atoms with Crippen LogP contribution in [0, 0.1) is 13.8 Å². The first-order valence-electron chi connectivity index (χ1n) is 6.22. The Balaban J connectivity index is 3.06. The quantitative estimate of drug-likeness (QED) is 0.860. The normalized spacial score (nSPS) is 11.2. The molecule has 1 N–H and O–H groups in total. The zero-order chi connectivity index (χ0) is 14.3. The van der Waals surface area contributed by atoms with E-state index in [4.69, 9.17) is 0 Å². The van der Waals surface area contributed by atoms with Crippen LogP contribution in [0.15, 0.2) is 12.1 Å². The summed E-state index contributed by atoms with van der Waals surface area (Å²) in [4.78, 5) is 22.8. The summed E-state index contributed by atoms with van der Waals surface area (Å²) < 4.78 is 1.92. The first kappa shape index (κ1) is 13.3. The number of carboxylic acids is 1. The third kappa shape index (κ3) is 1.93. The highest BCUT2D eigenvalue weighted by atomic mass is 16.4. The average molecular weight is 259 g/mol. The minimum Gasteiger partial charge on any atom is -0.478 e. The number of aromatic carboxylic acids is 1. The standard InChI is InChI=1S/C15H17NO3/c1-8(2)16-10(4)13(7-17)11-5-9(3)6-12(14(11)16)15(18)19/h5-8H,1-4H3,(H,18,19). The Labute approximate surface area is 111 Å². The number of aryl methyl sites for hydroxylation is 1. The van der Waals surface area contributed by atoms with E-state index >= 15 is 0 Å². The number of carbonyl (C=O) groups is 2. The van der Waals surface area contributed by atoms with Crippen molar-refractivity contribution in [2.45, 2.75) is 33.7 Å². The zero-order valence-corrected chi connectivity index (χ0v) is 11.5. The maximum absolute atomic E-state index is 11.4. The third-order valence-corrected chi connectivity index (χ3v) is 3.40. The average Bonchev–Trinajstić information content (AvgIpc) is 2.59. The molecule has 2 rings (SSSR count). The Hall–Kier alpha value is -2.10. The number of hydrogen-bond donors (Lipinski definition) is 1. The van der Waals surface area contributed by atoms with Gasteiger partial charge in [0.25, 0.3) is 0 Å². The highest BCUT2D eigenvalue weighted by Crippen LogP contribution is 2.31. The van der Waals surface area contributed by atoms with Gasteiger partial charge in [-0.1, -0.05) is 0 Å². The molecule has 0 fully saturated rings. The molecule has 0 saturated carbocycles. The van der Waals surface area contributed by atoms with E-state index in [1.165, 1.54) is 0 Å². The van der Waals surface area contributed by atoms with E-state index in [9.17, 15) is 14.7 Å². The molecule has 1 aromatic heterocycles. The van der Waals surface area contributed by atoms with Crippen LogP contribution in [0.25, 0.3) is 10.9 Å². The van der Waals surface area contributed by atoms with Gasteiger partial charge in [0, 0.05) is 22.7 Å². The van der Waals surface area contributed by atoms with Gasteiger partial charge in [-0.05, 0) is 45.4 Å². The van der Waals surface area contributed by atoms with Gasteiger partial charge in [-0.15, -0.1) is 0 Å². The molecule has 1 heterocycles. The molecule has 0 amide bonds. The highest BCUT2D eigenvalue weighted by molar-refractivity contribution is 6.08. The predicted molar refractivity (Wildman–Crippen MR) is 74.1 cm³/mol. The van der Waals surface area contributed by atoms with Crippen molar-refractivity contribution in [1.29, 1.82) is 0 Å². The molecule has 2 aromatic rings. The van der Waals surface area contributed by atoms with Crippen LogP contribution in [0.4, 0.5) is 0 Å². The van der Waals surface area contributed by atoms with Gasteiger partial charge in [0.05, 0.1) is 11.1 Å². The molecule has 0 saturated heterocycles. The van der Waals surface area contributed by atoms with Crippen LogP contribution in [0.1, 0.15) is 51.9 Å². The van der Waals surface area contributed by atoms with E-state index in [2.05, 4.69) is 0 Å². The second-order valence-electron chi connectivity index (χ2n) is 5.09. The van der Waals surface area contributed by atoms with Crippen LogP contribution < -0.4 is 0 Å². The Kier molecular flexibility index (Phi) is 3.18. The molecule has 19 heavy (non-hydrogen) atoms. The number of hydrogen-bond acceptors (Lipinski definition) is 2. The molecular formula is C15H17NO3. The van der Waals surface area contributed by atoms with Crippen molar-refractivity contribution in [1.82, 2.24) is 4.57 Å². The van der Waals surface area contributed by atoms with Crippen molar-refractivity contribution in [3.8, 4) is 0 Å². The summed E-state index contributed by atoms with van der Waals surface area (Å²) in [6, 6.07) is 3.62. The molecule has 0 radical (unpaired) electrons. The maximum Gasteiger partial charge on any atom is 0.337 e. The summed E-state index contributed by atoms with van der Waals surface area (Å²) in [6.45, 7) is 7.65. The van der Waals surface area contributed by atoms with Gasteiger partial charge < -0.3 is 9.67 Å². The molecule has 0 atom stereocenters. The zero-order valence-electron chi connectivity index (χ0n) is 11.5. The Bertz CT molecular complexity index is 680. The van der Waals surface area contributed by atoms with Crippen molar-refractivity contribution >= 4 is 23.2 Å². The topological polar surface area (TPSA) is 59.3 Å². The number of benzene rings is 1. The van der Waals surface area contributed by atoms with Crippen molar-refractivity contribution in [3.63, 3.8) is 0 Å². The lowest BCUT2D eigenvalue weighted by Crippen LogP contribution is -2.07. The van der Waals surface area contributed by atoms with Crippen LogP contribution in [0.3, 0.4) is 0 Å². The predicted octanol–water partition coefficient (Wildman–Crippen LogP) is 3.35. The molecule has 4 nitrogen and oxygen atoms in total. The number of carbonyl (C=O) groups excluding carboxylic acids is 1. The fraction of sp³-hybridized carbons (Fsp3) is 0.333. The molecule has 0 spiro atoms. The van der Waals surface area contributed by atoms with Gasteiger partial charge in [0.1, 0.15) is 0 Å². The second kappa shape index (κ2) is 4.53. The summed E-state index contributed by atoms with van der Waals surface area (Å²) in [6.07, 6.45) is 0.807. The van der Waals surface area contributed by atoms with Gasteiger partial charge in [-0.25, -0.2) is 4.79 Å². The first-order valence-corrected chi connectivity index (χ1v) is 6.22. The van der Waals surface area contributed by atoms with Crippen LogP contribution in [-0.4, -0.2) is 21.9 Å². The number of aldehydes is 1. The minimum absolute atomic E-state index is 0.0945. The largest absolute Gasteiger partial charge is 0.478 e. The van der Waals surface area contributed by atoms with Crippen LogP contribution in [-0.2, 0) is 0 Å². The number of carboxylic acid groups (broad SMARTS) is 1. The number of rotatable bonds is 3. The Morgan fingerprint density at radius 3 is 2.42 bits per heavy atom. The summed E-state index contributed by atoms with van der Waals surface area (Å²) in [5.41, 5.74) is 3.12. The van der Waals surface area contributed by atoms with Gasteiger partial charge in [0.2, 0.25) is 0 Å². The van der Waals surface area contributed by atoms with Crippen molar-refractivity contribution in [3.05, 3.63) is 34.5 Å². The highest BCUT2D eigenvalue weighted by Gasteiger charge is 2.21. The monoisotopic (exact) mass is 259 g/mol. The van der Waals surface area contributed by atoms with E-state index in [1.54, 1.807) is 6.07 Å². The lowest BCUT2D eigenvalue weighted by atomic mass is 10.0. The molecular weight excluding hydrogens is 242 g/mol. The van der Waals surface area contributed by atoms with Gasteiger partial charge in [-0.3, -0.25) is 4.79 Å². The number of fused-ring (bicyclic) bond motifs is 1. The van der Waals surface area contributed by atoms with Gasteiger partial charge >= 0.3 is 5.97 Å². The van der Waals surface area contributed by atoms with E-state index in [-0.39, 0.29) is 11.6 Å². The maximum atomic E-state index is 11.4. The van der Waals surface area contributed by atoms with Crippen molar-refractivity contribution < 1.29 is 14.7 Å². The fourth-order valence-corrected chi connectivity index (χ4v) is 2.69. The smallest absolute Gasteiger partial charge is 0.337 e. The SMILES string of the molecule is Cc1cc(C(=O)O)c2c(c1)c(C=O)c(C)n2C(C)C. The van der Waals surface area contributed by atoms with E-state index in [0.717, 1.165) is 22.9 Å². The van der Waals surface area contributed by atoms with Gasteiger partial charge in [0.15, 0.2) is 6.29 Å². The summed E-state index contributed by atoms with van der Waals surface area (Å²) in [5.74, 6) is -0.967. The van der Waals surface area contributed by atoms with Crippen molar-refractivity contribution in [2.24, 2.45) is 0 Å². The molecule has 0 unspecified atom stereocenters. The van der Waals surface area contributed by atoms with E-state index in [1.807, 2.05) is 38.3 Å². The lowest BCUT2D eigenvalue weighted by molar-refractivity contribution is 0.0698. The summed E-state index contributed by atoms with van der Waals surface area (Å²) >= 11 is 0. The molecule has 0 aliphatic rings. The molecule has 0 aliphatic heterocycles. The Morgan fingerprint density at radius 1 is 1.32 bits per heavy atom. The van der Waals surface area contributed by atoms with Gasteiger partial charge in [-0.2, -0.15) is 0 Å². The molecule has 1 aromatic carbocycles. The molecule has 4 heteroatoms. The molecule has 0 bridgehead atoms.